The summed E-state index contributed by atoms with van der Waals surface area (Å²) in [5, 5.41) is 11.5. The summed E-state index contributed by atoms with van der Waals surface area (Å²) in [6.07, 6.45) is 0.890. The lowest BCUT2D eigenvalue weighted by Gasteiger charge is -2.11. The Morgan fingerprint density at radius 3 is 2.45 bits per heavy atom. The highest BCUT2D eigenvalue weighted by atomic mass is 16.5. The van der Waals surface area contributed by atoms with E-state index in [1.54, 1.807) is 21.1 Å². The SMILES string of the molecule is COc1ccc(CCNC(=O)C[C@H](C)CC(=O)O)cc1OC. The first kappa shape index (κ1) is 17.8. The van der Waals surface area contributed by atoms with Crippen molar-refractivity contribution in [3.8, 4) is 11.5 Å². The van der Waals surface area contributed by atoms with Crippen LogP contribution in [0, 0.1) is 5.92 Å². The molecule has 2 N–H and O–H groups in total. The molecule has 0 radical (unpaired) electrons. The fourth-order valence-electron chi connectivity index (χ4n) is 2.14. The van der Waals surface area contributed by atoms with E-state index >= 15 is 0 Å². The zero-order valence-electron chi connectivity index (χ0n) is 13.2. The van der Waals surface area contributed by atoms with Crippen LogP contribution in [-0.2, 0) is 16.0 Å². The molecule has 0 spiro atoms. The molecule has 0 unspecified atom stereocenters. The zero-order chi connectivity index (χ0) is 16.5. The molecule has 0 aromatic heterocycles. The van der Waals surface area contributed by atoms with Crippen molar-refractivity contribution in [2.45, 2.75) is 26.2 Å². The third kappa shape index (κ3) is 6.03. The van der Waals surface area contributed by atoms with Crippen LogP contribution < -0.4 is 14.8 Å². The highest BCUT2D eigenvalue weighted by Gasteiger charge is 2.12. The van der Waals surface area contributed by atoms with Crippen LogP contribution in [0.5, 0.6) is 11.5 Å². The summed E-state index contributed by atoms with van der Waals surface area (Å²) in [5.74, 6) is 0.137. The lowest BCUT2D eigenvalue weighted by Crippen LogP contribution is -2.27. The summed E-state index contributed by atoms with van der Waals surface area (Å²) in [6, 6.07) is 5.61. The molecule has 0 saturated heterocycles. The van der Waals surface area contributed by atoms with E-state index in [9.17, 15) is 9.59 Å². The van der Waals surface area contributed by atoms with Crippen LogP contribution in [0.2, 0.25) is 0 Å². The third-order valence-electron chi connectivity index (χ3n) is 3.24. The van der Waals surface area contributed by atoms with Gasteiger partial charge >= 0.3 is 5.97 Å². The van der Waals surface area contributed by atoms with Crippen molar-refractivity contribution < 1.29 is 24.2 Å². The normalized spacial score (nSPS) is 11.6. The largest absolute Gasteiger partial charge is 0.493 e. The summed E-state index contributed by atoms with van der Waals surface area (Å²) in [6.45, 7) is 2.25. The second kappa shape index (κ2) is 8.92. The van der Waals surface area contributed by atoms with Gasteiger partial charge in [0.05, 0.1) is 14.2 Å². The Hall–Kier alpha value is -2.24. The van der Waals surface area contributed by atoms with Crippen molar-refractivity contribution in [3.05, 3.63) is 23.8 Å². The molecule has 1 amide bonds. The number of benzene rings is 1. The first-order chi connectivity index (χ1) is 10.5. The molecule has 0 fully saturated rings. The number of carboxylic acids is 1. The summed E-state index contributed by atoms with van der Waals surface area (Å²) in [5.41, 5.74) is 1.02. The third-order valence-corrected chi connectivity index (χ3v) is 3.24. The van der Waals surface area contributed by atoms with Gasteiger partial charge < -0.3 is 19.9 Å². The maximum atomic E-state index is 11.7. The predicted molar refractivity (Wildman–Crippen MR) is 82.3 cm³/mol. The molecular formula is C16H23NO5. The van der Waals surface area contributed by atoms with Crippen molar-refractivity contribution in [3.63, 3.8) is 0 Å². The first-order valence-electron chi connectivity index (χ1n) is 7.15. The highest BCUT2D eigenvalue weighted by Crippen LogP contribution is 2.27. The molecule has 6 heteroatoms. The van der Waals surface area contributed by atoms with Crippen LogP contribution in [0.4, 0.5) is 0 Å². The molecule has 1 aromatic rings. The van der Waals surface area contributed by atoms with Crippen LogP contribution in [0.3, 0.4) is 0 Å². The highest BCUT2D eigenvalue weighted by molar-refractivity contribution is 5.77. The number of rotatable bonds is 9. The fraction of sp³-hybridized carbons (Fsp3) is 0.500. The number of ether oxygens (including phenoxy) is 2. The van der Waals surface area contributed by atoms with Gasteiger partial charge in [-0.05, 0) is 30.0 Å². The Bertz CT molecular complexity index is 515. The van der Waals surface area contributed by atoms with Crippen molar-refractivity contribution in [1.29, 1.82) is 0 Å². The fourth-order valence-corrected chi connectivity index (χ4v) is 2.14. The average Bonchev–Trinajstić information content (AvgIpc) is 2.45. The minimum Gasteiger partial charge on any atom is -0.493 e. The molecule has 1 aromatic carbocycles. The lowest BCUT2D eigenvalue weighted by molar-refractivity contribution is -0.138. The molecular weight excluding hydrogens is 286 g/mol. The monoisotopic (exact) mass is 309 g/mol. The van der Waals surface area contributed by atoms with Crippen LogP contribution in [0.1, 0.15) is 25.3 Å². The molecule has 0 heterocycles. The molecule has 1 rings (SSSR count). The zero-order valence-corrected chi connectivity index (χ0v) is 13.2. The summed E-state index contributed by atoms with van der Waals surface area (Å²) in [4.78, 5) is 22.2. The van der Waals surface area contributed by atoms with E-state index in [1.807, 2.05) is 18.2 Å². The van der Waals surface area contributed by atoms with Gasteiger partial charge in [-0.15, -0.1) is 0 Å². The predicted octanol–water partition coefficient (Wildman–Crippen LogP) is 1.86. The van der Waals surface area contributed by atoms with Crippen molar-refractivity contribution >= 4 is 11.9 Å². The van der Waals surface area contributed by atoms with Gasteiger partial charge in [0, 0.05) is 19.4 Å². The number of carboxylic acid groups (broad SMARTS) is 1. The Labute approximate surface area is 130 Å². The minimum atomic E-state index is -0.884. The average molecular weight is 309 g/mol. The standard InChI is InChI=1S/C16H23NO5/c1-11(9-16(19)20)8-15(18)17-7-6-12-4-5-13(21-2)14(10-12)22-3/h4-5,10-11H,6-9H2,1-3H3,(H,17,18)(H,19,20)/t11-/m0/s1. The number of aliphatic carboxylic acids is 1. The second-order valence-corrected chi connectivity index (χ2v) is 5.20. The summed E-state index contributed by atoms with van der Waals surface area (Å²) < 4.78 is 10.4. The number of carbonyl (C=O) groups is 2. The van der Waals surface area contributed by atoms with E-state index in [1.165, 1.54) is 0 Å². The Balaban J connectivity index is 2.40. The Kier molecular flexibility index (Phi) is 7.22. The van der Waals surface area contributed by atoms with Crippen LogP contribution in [0.25, 0.3) is 0 Å². The molecule has 0 aliphatic carbocycles. The molecule has 22 heavy (non-hydrogen) atoms. The van der Waals surface area contributed by atoms with Gasteiger partial charge in [-0.2, -0.15) is 0 Å². The molecule has 1 atom stereocenters. The summed E-state index contributed by atoms with van der Waals surface area (Å²) >= 11 is 0. The first-order valence-corrected chi connectivity index (χ1v) is 7.15. The van der Waals surface area contributed by atoms with E-state index in [-0.39, 0.29) is 24.7 Å². The molecule has 0 bridgehead atoms. The molecule has 0 saturated carbocycles. The van der Waals surface area contributed by atoms with Crippen LogP contribution in [-0.4, -0.2) is 37.7 Å². The van der Waals surface area contributed by atoms with Gasteiger partial charge in [0.2, 0.25) is 5.91 Å². The van der Waals surface area contributed by atoms with E-state index in [2.05, 4.69) is 5.32 Å². The van der Waals surface area contributed by atoms with Gasteiger partial charge in [0.15, 0.2) is 11.5 Å². The van der Waals surface area contributed by atoms with E-state index in [4.69, 9.17) is 14.6 Å². The molecule has 0 aliphatic heterocycles. The molecule has 0 aliphatic rings. The van der Waals surface area contributed by atoms with Crippen LogP contribution >= 0.6 is 0 Å². The number of hydrogen-bond acceptors (Lipinski definition) is 4. The lowest BCUT2D eigenvalue weighted by atomic mass is 10.0. The van der Waals surface area contributed by atoms with Gasteiger partial charge in [-0.3, -0.25) is 9.59 Å². The van der Waals surface area contributed by atoms with Crippen molar-refractivity contribution in [2.75, 3.05) is 20.8 Å². The maximum Gasteiger partial charge on any atom is 0.303 e. The topological polar surface area (TPSA) is 84.9 Å². The van der Waals surface area contributed by atoms with Crippen LogP contribution in [0.15, 0.2) is 18.2 Å². The van der Waals surface area contributed by atoms with E-state index in [0.29, 0.717) is 24.5 Å². The van der Waals surface area contributed by atoms with Crippen molar-refractivity contribution in [2.24, 2.45) is 5.92 Å². The Morgan fingerprint density at radius 1 is 1.18 bits per heavy atom. The van der Waals surface area contributed by atoms with Gasteiger partial charge in [-0.1, -0.05) is 13.0 Å². The van der Waals surface area contributed by atoms with Gasteiger partial charge in [0.1, 0.15) is 0 Å². The van der Waals surface area contributed by atoms with E-state index < -0.39 is 5.97 Å². The Morgan fingerprint density at radius 2 is 1.86 bits per heavy atom. The minimum absolute atomic E-state index is 0.00307. The van der Waals surface area contributed by atoms with E-state index in [0.717, 1.165) is 5.56 Å². The number of carbonyl (C=O) groups excluding carboxylic acids is 1. The molecule has 122 valence electrons. The smallest absolute Gasteiger partial charge is 0.303 e. The van der Waals surface area contributed by atoms with Crippen molar-refractivity contribution in [1.82, 2.24) is 5.32 Å². The second-order valence-electron chi connectivity index (χ2n) is 5.20. The quantitative estimate of drug-likeness (QED) is 0.727. The van der Waals surface area contributed by atoms with Gasteiger partial charge in [-0.25, -0.2) is 0 Å². The number of methoxy groups -OCH3 is 2. The maximum absolute atomic E-state index is 11.7. The number of amides is 1. The summed E-state index contributed by atoms with van der Waals surface area (Å²) in [7, 11) is 3.16. The number of hydrogen-bond donors (Lipinski definition) is 2. The van der Waals surface area contributed by atoms with Gasteiger partial charge in [0.25, 0.3) is 0 Å². The molecule has 6 nitrogen and oxygen atoms in total. The number of nitrogens with one attached hydrogen (secondary N) is 1.